The van der Waals surface area contributed by atoms with Gasteiger partial charge in [0.15, 0.2) is 0 Å². The van der Waals surface area contributed by atoms with Crippen molar-refractivity contribution in [3.8, 4) is 11.8 Å². The van der Waals surface area contributed by atoms with Crippen molar-refractivity contribution in [1.29, 1.82) is 5.26 Å². The molecule has 0 saturated carbocycles. The predicted octanol–water partition coefficient (Wildman–Crippen LogP) is 4.75. The van der Waals surface area contributed by atoms with E-state index in [9.17, 15) is 5.26 Å². The second kappa shape index (κ2) is 9.65. The van der Waals surface area contributed by atoms with Gasteiger partial charge >= 0.3 is 0 Å². The van der Waals surface area contributed by atoms with Gasteiger partial charge in [0.25, 0.3) is 0 Å². The van der Waals surface area contributed by atoms with E-state index in [1.165, 1.54) is 5.56 Å². The van der Waals surface area contributed by atoms with Crippen LogP contribution in [0.3, 0.4) is 0 Å². The Kier molecular flexibility index (Phi) is 7.25. The minimum atomic E-state index is 0.514. The lowest BCUT2D eigenvalue weighted by Crippen LogP contribution is -2.14. The third-order valence-electron chi connectivity index (χ3n) is 4.06. The molecule has 0 fully saturated rings. The summed E-state index contributed by atoms with van der Waals surface area (Å²) in [5, 5.41) is 10.4. The van der Waals surface area contributed by atoms with Crippen LogP contribution in [0.4, 0.5) is 0 Å². The van der Waals surface area contributed by atoms with Crippen molar-refractivity contribution < 1.29 is 4.74 Å². The molecule has 3 rings (SSSR count). The number of nitriles is 1. The van der Waals surface area contributed by atoms with Crippen LogP contribution in [0.5, 0.6) is 5.75 Å². The Hall–Kier alpha value is -2.77. The molecule has 0 unspecified atom stereocenters. The largest absolute Gasteiger partial charge is 0.488 e. The molecule has 0 aliphatic heterocycles. The summed E-state index contributed by atoms with van der Waals surface area (Å²) in [6.07, 6.45) is 2.90. The number of rotatable bonds is 6. The number of nitrogens with zero attached hydrogens (tertiary/aromatic N) is 2. The van der Waals surface area contributed by atoms with Crippen LogP contribution in [-0.2, 0) is 13.0 Å². The van der Waals surface area contributed by atoms with Crippen LogP contribution in [-0.4, -0.2) is 30.5 Å². The highest BCUT2D eigenvalue weighted by Crippen LogP contribution is 2.32. The van der Waals surface area contributed by atoms with Gasteiger partial charge in [-0.25, -0.2) is 0 Å². The molecule has 0 saturated heterocycles. The molecular formula is C22H27N3O. The lowest BCUT2D eigenvalue weighted by Gasteiger charge is -2.12. The molecule has 0 amide bonds. The molecule has 0 aliphatic carbocycles. The number of ether oxygens (including phenoxy) is 1. The summed E-state index contributed by atoms with van der Waals surface area (Å²) in [5.74, 6) is 0.822. The van der Waals surface area contributed by atoms with Gasteiger partial charge in [-0.1, -0.05) is 44.2 Å². The van der Waals surface area contributed by atoms with Crippen LogP contribution in [0.2, 0.25) is 0 Å². The van der Waals surface area contributed by atoms with Crippen molar-refractivity contribution in [3.05, 3.63) is 65.4 Å². The van der Waals surface area contributed by atoms with E-state index in [-0.39, 0.29) is 0 Å². The molecule has 0 aliphatic rings. The van der Waals surface area contributed by atoms with E-state index < -0.39 is 0 Å². The number of hydrogen-bond donors (Lipinski definition) is 1. The molecule has 2 aromatic carbocycles. The van der Waals surface area contributed by atoms with Crippen molar-refractivity contribution in [2.24, 2.45) is 0 Å². The number of fused-ring (bicyclic) bond motifs is 1. The van der Waals surface area contributed by atoms with Crippen molar-refractivity contribution >= 4 is 10.9 Å². The third-order valence-corrected chi connectivity index (χ3v) is 4.06. The number of hydrogen-bond acceptors (Lipinski definition) is 3. The van der Waals surface area contributed by atoms with Crippen molar-refractivity contribution in [1.82, 2.24) is 9.88 Å². The van der Waals surface area contributed by atoms with E-state index in [1.54, 1.807) is 0 Å². The number of H-pyrrole nitrogens is 1. The summed E-state index contributed by atoms with van der Waals surface area (Å²) in [4.78, 5) is 5.40. The Bertz CT molecular complexity index is 860. The molecule has 26 heavy (non-hydrogen) atoms. The molecule has 4 heteroatoms. The topological polar surface area (TPSA) is 52.0 Å². The third kappa shape index (κ3) is 4.65. The highest BCUT2D eigenvalue weighted by atomic mass is 16.5. The lowest BCUT2D eigenvalue weighted by molar-refractivity contribution is 0.310. The van der Waals surface area contributed by atoms with Crippen molar-refractivity contribution in [3.63, 3.8) is 0 Å². The van der Waals surface area contributed by atoms with Crippen LogP contribution < -0.4 is 4.74 Å². The SMILES string of the molecule is CC.CN(C)CCc1c[nH]c2c(C#N)ccc(OCc3ccccc3)c12. The van der Waals surface area contributed by atoms with Gasteiger partial charge < -0.3 is 14.6 Å². The summed E-state index contributed by atoms with van der Waals surface area (Å²) >= 11 is 0. The van der Waals surface area contributed by atoms with Gasteiger partial charge in [-0.3, -0.25) is 0 Å². The maximum absolute atomic E-state index is 9.34. The zero-order chi connectivity index (χ0) is 18.9. The Labute approximate surface area is 156 Å². The Morgan fingerprint density at radius 3 is 2.46 bits per heavy atom. The quantitative estimate of drug-likeness (QED) is 0.699. The number of benzene rings is 2. The zero-order valence-electron chi connectivity index (χ0n) is 16.0. The molecule has 1 aromatic heterocycles. The molecule has 136 valence electrons. The molecular weight excluding hydrogens is 322 g/mol. The highest BCUT2D eigenvalue weighted by molar-refractivity contribution is 5.93. The summed E-state index contributed by atoms with van der Waals surface area (Å²) in [6.45, 7) is 5.46. The fraction of sp³-hybridized carbons (Fsp3) is 0.318. The number of aromatic amines is 1. The average Bonchev–Trinajstić information content (AvgIpc) is 3.11. The molecule has 1 heterocycles. The molecule has 4 nitrogen and oxygen atoms in total. The molecule has 0 bridgehead atoms. The first-order chi connectivity index (χ1) is 12.7. The second-order valence-electron chi connectivity index (χ2n) is 6.11. The molecule has 1 N–H and O–H groups in total. The second-order valence-corrected chi connectivity index (χ2v) is 6.11. The summed E-state index contributed by atoms with van der Waals surface area (Å²) in [5.41, 5.74) is 3.81. The highest BCUT2D eigenvalue weighted by Gasteiger charge is 2.14. The molecule has 3 aromatic rings. The first-order valence-corrected chi connectivity index (χ1v) is 9.03. The molecule has 0 spiro atoms. The van der Waals surface area contributed by atoms with Crippen molar-refractivity contribution in [2.45, 2.75) is 26.9 Å². The zero-order valence-corrected chi connectivity index (χ0v) is 16.0. The van der Waals surface area contributed by atoms with E-state index in [1.807, 2.05) is 62.5 Å². The van der Waals surface area contributed by atoms with E-state index in [0.717, 1.165) is 35.2 Å². The van der Waals surface area contributed by atoms with E-state index >= 15 is 0 Å². The smallest absolute Gasteiger partial charge is 0.129 e. The van der Waals surface area contributed by atoms with Crippen LogP contribution in [0.15, 0.2) is 48.7 Å². The monoisotopic (exact) mass is 349 g/mol. The van der Waals surface area contributed by atoms with E-state index in [0.29, 0.717) is 12.2 Å². The summed E-state index contributed by atoms with van der Waals surface area (Å²) < 4.78 is 6.07. The van der Waals surface area contributed by atoms with Gasteiger partial charge in [-0.15, -0.1) is 0 Å². The minimum Gasteiger partial charge on any atom is -0.488 e. The minimum absolute atomic E-state index is 0.514. The van der Waals surface area contributed by atoms with Gasteiger partial charge in [0.1, 0.15) is 18.4 Å². The van der Waals surface area contributed by atoms with Gasteiger partial charge in [0.05, 0.1) is 11.1 Å². The van der Waals surface area contributed by atoms with Crippen LogP contribution in [0, 0.1) is 11.3 Å². The number of likely N-dealkylation sites (N-methyl/N-ethyl adjacent to an activating group) is 1. The predicted molar refractivity (Wildman–Crippen MR) is 107 cm³/mol. The fourth-order valence-electron chi connectivity index (χ4n) is 2.77. The summed E-state index contributed by atoms with van der Waals surface area (Å²) in [7, 11) is 4.12. The van der Waals surface area contributed by atoms with Crippen LogP contribution in [0.1, 0.15) is 30.5 Å². The van der Waals surface area contributed by atoms with Crippen molar-refractivity contribution in [2.75, 3.05) is 20.6 Å². The Balaban J connectivity index is 0.00000117. The standard InChI is InChI=1S/C20H21N3O.C2H6/c1-23(2)11-10-17-13-22-20-16(12-21)8-9-18(19(17)20)24-14-15-6-4-3-5-7-15;1-2/h3-9,13,22H,10-11,14H2,1-2H3;1-2H3. The fourth-order valence-corrected chi connectivity index (χ4v) is 2.77. The first-order valence-electron chi connectivity index (χ1n) is 9.03. The van der Waals surface area contributed by atoms with Gasteiger partial charge in [-0.2, -0.15) is 5.26 Å². The first kappa shape index (κ1) is 19.6. The number of nitrogens with one attached hydrogen (secondary N) is 1. The van der Waals surface area contributed by atoms with E-state index in [2.05, 4.69) is 30.0 Å². The maximum Gasteiger partial charge on any atom is 0.129 e. The van der Waals surface area contributed by atoms with Gasteiger partial charge in [0.2, 0.25) is 0 Å². The summed E-state index contributed by atoms with van der Waals surface area (Å²) in [6, 6.07) is 16.1. The van der Waals surface area contributed by atoms with Gasteiger partial charge in [-0.05, 0) is 43.8 Å². The number of aromatic nitrogens is 1. The van der Waals surface area contributed by atoms with Crippen LogP contribution >= 0.6 is 0 Å². The maximum atomic E-state index is 9.34. The lowest BCUT2D eigenvalue weighted by atomic mass is 10.1. The van der Waals surface area contributed by atoms with Crippen LogP contribution in [0.25, 0.3) is 10.9 Å². The Morgan fingerprint density at radius 2 is 1.81 bits per heavy atom. The van der Waals surface area contributed by atoms with E-state index in [4.69, 9.17) is 4.74 Å². The molecule has 0 radical (unpaired) electrons. The average molecular weight is 349 g/mol. The Morgan fingerprint density at radius 1 is 1.08 bits per heavy atom. The van der Waals surface area contributed by atoms with Gasteiger partial charge in [0, 0.05) is 18.1 Å². The normalized spacial score (nSPS) is 10.3. The molecule has 0 atom stereocenters.